The van der Waals surface area contributed by atoms with Gasteiger partial charge in [-0.3, -0.25) is 4.79 Å². The van der Waals surface area contributed by atoms with Crippen LogP contribution in [0.4, 0.5) is 5.69 Å². The second-order valence-electron chi connectivity index (χ2n) is 6.38. The SMILES string of the molecule is Cc1ccc(NC(=O)CSCc2nc3ccc(Cl)cc3n2CCO)cc1C. The number of benzene rings is 2. The molecule has 5 nitrogen and oxygen atoms in total. The standard InChI is InChI=1S/C20H22ClN3O2S/c1-13-3-5-16(9-14(13)2)22-20(26)12-27-11-19-23-17-6-4-15(21)10-18(17)24(19)7-8-25/h3-6,9-10,25H,7-8,11-12H2,1-2H3,(H,22,26). The molecule has 0 saturated carbocycles. The topological polar surface area (TPSA) is 67.2 Å². The van der Waals surface area contributed by atoms with Gasteiger partial charge < -0.3 is 15.0 Å². The summed E-state index contributed by atoms with van der Waals surface area (Å²) in [5, 5.41) is 12.9. The van der Waals surface area contributed by atoms with Crippen LogP contribution in [-0.2, 0) is 17.1 Å². The molecule has 2 N–H and O–H groups in total. The zero-order valence-corrected chi connectivity index (χ0v) is 16.9. The highest BCUT2D eigenvalue weighted by atomic mass is 35.5. The van der Waals surface area contributed by atoms with Gasteiger partial charge in [-0.15, -0.1) is 11.8 Å². The number of imidazole rings is 1. The molecule has 3 aromatic rings. The normalized spacial score (nSPS) is 11.1. The molecule has 142 valence electrons. The molecule has 0 bridgehead atoms. The van der Waals surface area contributed by atoms with E-state index in [9.17, 15) is 9.90 Å². The van der Waals surface area contributed by atoms with Crippen molar-refractivity contribution in [3.8, 4) is 0 Å². The Hall–Kier alpha value is -2.02. The third-order valence-electron chi connectivity index (χ3n) is 4.37. The molecule has 1 amide bonds. The van der Waals surface area contributed by atoms with E-state index in [1.807, 2.05) is 48.7 Å². The number of aliphatic hydroxyl groups excluding tert-OH is 1. The predicted octanol–water partition coefficient (Wildman–Crippen LogP) is 4.17. The van der Waals surface area contributed by atoms with Gasteiger partial charge in [-0.2, -0.15) is 0 Å². The second-order valence-corrected chi connectivity index (χ2v) is 7.80. The molecule has 0 atom stereocenters. The van der Waals surface area contributed by atoms with Crippen LogP contribution in [0.1, 0.15) is 17.0 Å². The molecule has 0 unspecified atom stereocenters. The van der Waals surface area contributed by atoms with Crippen LogP contribution >= 0.6 is 23.4 Å². The van der Waals surface area contributed by atoms with Crippen molar-refractivity contribution in [2.75, 3.05) is 17.7 Å². The van der Waals surface area contributed by atoms with Gasteiger partial charge in [0.05, 0.1) is 29.1 Å². The summed E-state index contributed by atoms with van der Waals surface area (Å²) >= 11 is 7.57. The monoisotopic (exact) mass is 403 g/mol. The quantitative estimate of drug-likeness (QED) is 0.621. The smallest absolute Gasteiger partial charge is 0.234 e. The van der Waals surface area contributed by atoms with Crippen LogP contribution in [0.5, 0.6) is 0 Å². The number of nitrogens with one attached hydrogen (secondary N) is 1. The molecule has 1 aromatic heterocycles. The van der Waals surface area contributed by atoms with Crippen LogP contribution in [-0.4, -0.2) is 32.9 Å². The van der Waals surface area contributed by atoms with Crippen LogP contribution in [0, 0.1) is 13.8 Å². The number of thioether (sulfide) groups is 1. The first-order valence-electron chi connectivity index (χ1n) is 8.68. The van der Waals surface area contributed by atoms with Crippen molar-refractivity contribution in [1.29, 1.82) is 0 Å². The van der Waals surface area contributed by atoms with Crippen molar-refractivity contribution >= 4 is 46.0 Å². The third-order valence-corrected chi connectivity index (χ3v) is 5.53. The molecule has 7 heteroatoms. The predicted molar refractivity (Wildman–Crippen MR) is 113 cm³/mol. The first kappa shape index (κ1) is 19.7. The Bertz CT molecular complexity index is 971. The Morgan fingerprint density at radius 1 is 1.22 bits per heavy atom. The summed E-state index contributed by atoms with van der Waals surface area (Å²) in [7, 11) is 0. The number of halogens is 1. The first-order valence-corrected chi connectivity index (χ1v) is 10.2. The molecular formula is C20H22ClN3O2S. The lowest BCUT2D eigenvalue weighted by atomic mass is 10.1. The van der Waals surface area contributed by atoms with Crippen LogP contribution in [0.15, 0.2) is 36.4 Å². The van der Waals surface area contributed by atoms with Crippen molar-refractivity contribution in [1.82, 2.24) is 9.55 Å². The highest BCUT2D eigenvalue weighted by Crippen LogP contribution is 2.23. The minimum Gasteiger partial charge on any atom is -0.395 e. The fourth-order valence-corrected chi connectivity index (χ4v) is 3.79. The number of aromatic nitrogens is 2. The van der Waals surface area contributed by atoms with E-state index in [0.29, 0.717) is 23.1 Å². The van der Waals surface area contributed by atoms with Crippen molar-refractivity contribution in [3.63, 3.8) is 0 Å². The molecule has 0 aliphatic carbocycles. The van der Waals surface area contributed by atoms with E-state index < -0.39 is 0 Å². The average molecular weight is 404 g/mol. The summed E-state index contributed by atoms with van der Waals surface area (Å²) in [5.74, 6) is 1.68. The molecule has 1 heterocycles. The van der Waals surface area contributed by atoms with Gasteiger partial charge in [0.25, 0.3) is 0 Å². The van der Waals surface area contributed by atoms with Crippen LogP contribution in [0.25, 0.3) is 11.0 Å². The molecule has 0 aliphatic heterocycles. The van der Waals surface area contributed by atoms with E-state index in [0.717, 1.165) is 28.1 Å². The van der Waals surface area contributed by atoms with E-state index in [2.05, 4.69) is 10.3 Å². The summed E-state index contributed by atoms with van der Waals surface area (Å²) in [6, 6.07) is 11.4. The van der Waals surface area contributed by atoms with Gasteiger partial charge in [0.1, 0.15) is 5.82 Å². The Balaban J connectivity index is 1.63. The molecule has 0 fully saturated rings. The second kappa shape index (κ2) is 8.78. The molecule has 0 aliphatic rings. The van der Waals surface area contributed by atoms with Gasteiger partial charge in [0.2, 0.25) is 5.91 Å². The van der Waals surface area contributed by atoms with Crippen molar-refractivity contribution in [2.45, 2.75) is 26.1 Å². The maximum Gasteiger partial charge on any atom is 0.234 e. The van der Waals surface area contributed by atoms with Gasteiger partial charge in [0.15, 0.2) is 0 Å². The number of anilines is 1. The number of hydrogen-bond donors (Lipinski definition) is 2. The zero-order chi connectivity index (χ0) is 19.4. The summed E-state index contributed by atoms with van der Waals surface area (Å²) in [6.45, 7) is 4.53. The fraction of sp³-hybridized carbons (Fsp3) is 0.300. The Labute approximate surface area is 167 Å². The number of amides is 1. The number of aliphatic hydroxyl groups is 1. The van der Waals surface area contributed by atoms with Crippen molar-refractivity contribution < 1.29 is 9.90 Å². The lowest BCUT2D eigenvalue weighted by Crippen LogP contribution is -2.15. The maximum absolute atomic E-state index is 12.2. The lowest BCUT2D eigenvalue weighted by Gasteiger charge is -2.09. The Morgan fingerprint density at radius 3 is 2.78 bits per heavy atom. The molecular weight excluding hydrogens is 382 g/mol. The molecule has 0 saturated heterocycles. The maximum atomic E-state index is 12.2. The van der Waals surface area contributed by atoms with Gasteiger partial charge in [0, 0.05) is 17.3 Å². The van der Waals surface area contributed by atoms with Crippen molar-refractivity contribution in [3.05, 3.63) is 58.4 Å². The van der Waals surface area contributed by atoms with E-state index >= 15 is 0 Å². The fourth-order valence-electron chi connectivity index (χ4n) is 2.86. The Morgan fingerprint density at radius 2 is 2.04 bits per heavy atom. The minimum absolute atomic E-state index is 0.0168. The van der Waals surface area contributed by atoms with E-state index in [4.69, 9.17) is 11.6 Å². The van der Waals surface area contributed by atoms with Crippen LogP contribution in [0.2, 0.25) is 5.02 Å². The summed E-state index contributed by atoms with van der Waals surface area (Å²) in [4.78, 5) is 16.8. The third kappa shape index (κ3) is 4.83. The van der Waals surface area contributed by atoms with Crippen LogP contribution < -0.4 is 5.32 Å². The van der Waals surface area contributed by atoms with Gasteiger partial charge in [-0.25, -0.2) is 4.98 Å². The summed E-state index contributed by atoms with van der Waals surface area (Å²) < 4.78 is 1.95. The number of aryl methyl sites for hydroxylation is 2. The van der Waals surface area contributed by atoms with Gasteiger partial charge in [-0.05, 0) is 55.3 Å². The number of carbonyl (C=O) groups is 1. The molecule has 27 heavy (non-hydrogen) atoms. The largest absolute Gasteiger partial charge is 0.395 e. The van der Waals surface area contributed by atoms with Gasteiger partial charge in [-0.1, -0.05) is 17.7 Å². The molecule has 2 aromatic carbocycles. The summed E-state index contributed by atoms with van der Waals surface area (Å²) in [5.41, 5.74) is 4.89. The highest BCUT2D eigenvalue weighted by molar-refractivity contribution is 7.99. The molecule has 0 spiro atoms. The summed E-state index contributed by atoms with van der Waals surface area (Å²) in [6.07, 6.45) is 0. The number of rotatable bonds is 7. The number of hydrogen-bond acceptors (Lipinski definition) is 4. The van der Waals surface area contributed by atoms with E-state index in [-0.39, 0.29) is 12.5 Å². The number of nitrogens with zero attached hydrogens (tertiary/aromatic N) is 2. The van der Waals surface area contributed by atoms with Crippen LogP contribution in [0.3, 0.4) is 0 Å². The molecule has 3 rings (SSSR count). The number of carbonyl (C=O) groups excluding carboxylic acids is 1. The Kier molecular flexibility index (Phi) is 6.42. The van der Waals surface area contributed by atoms with Crippen molar-refractivity contribution in [2.24, 2.45) is 0 Å². The lowest BCUT2D eigenvalue weighted by molar-refractivity contribution is -0.113. The first-order chi connectivity index (χ1) is 13.0. The number of fused-ring (bicyclic) bond motifs is 1. The minimum atomic E-state index is -0.0453. The van der Waals surface area contributed by atoms with Gasteiger partial charge >= 0.3 is 0 Å². The average Bonchev–Trinajstić information content (AvgIpc) is 2.96. The molecule has 0 radical (unpaired) electrons. The highest BCUT2D eigenvalue weighted by Gasteiger charge is 2.12. The van der Waals surface area contributed by atoms with E-state index in [1.54, 1.807) is 6.07 Å². The van der Waals surface area contributed by atoms with E-state index in [1.165, 1.54) is 17.3 Å². The zero-order valence-electron chi connectivity index (χ0n) is 15.3.